The molecule has 23 heavy (non-hydrogen) atoms. The van der Waals surface area contributed by atoms with E-state index in [1.807, 2.05) is 11.4 Å². The Morgan fingerprint density at radius 3 is 2.57 bits per heavy atom. The van der Waals surface area contributed by atoms with Crippen molar-refractivity contribution in [3.63, 3.8) is 0 Å². The van der Waals surface area contributed by atoms with E-state index in [0.717, 1.165) is 9.44 Å². The minimum atomic E-state index is -1.09. The quantitative estimate of drug-likeness (QED) is 0.765. The summed E-state index contributed by atoms with van der Waals surface area (Å²) in [4.78, 5) is 40.6. The summed E-state index contributed by atoms with van der Waals surface area (Å²) in [5.41, 5.74) is -0.780. The third-order valence-electron chi connectivity index (χ3n) is 3.38. The lowest BCUT2D eigenvalue weighted by Crippen LogP contribution is -2.37. The molecule has 3 rings (SSSR count). The first kappa shape index (κ1) is 16.7. The van der Waals surface area contributed by atoms with E-state index < -0.39 is 23.8 Å². The van der Waals surface area contributed by atoms with Crippen LogP contribution in [0.2, 0.25) is 0 Å². The lowest BCUT2D eigenvalue weighted by Gasteiger charge is -2.06. The van der Waals surface area contributed by atoms with Gasteiger partial charge in [0, 0.05) is 14.1 Å². The third-order valence-corrected chi connectivity index (χ3v) is 4.25. The van der Waals surface area contributed by atoms with Crippen LogP contribution in [-0.4, -0.2) is 29.8 Å². The van der Waals surface area contributed by atoms with Gasteiger partial charge in [0.25, 0.3) is 5.56 Å². The lowest BCUT2D eigenvalue weighted by molar-refractivity contribution is -0.137. The van der Waals surface area contributed by atoms with Crippen LogP contribution in [0, 0.1) is 0 Å². The first-order valence-electron chi connectivity index (χ1n) is 6.33. The molecule has 0 bridgehead atoms. The van der Waals surface area contributed by atoms with Gasteiger partial charge in [0.05, 0.1) is 4.88 Å². The number of fused-ring (bicyclic) bond motifs is 1. The Morgan fingerprint density at radius 2 is 2.00 bits per heavy atom. The fraction of sp³-hybridized carbons (Fsp3) is 0.286. The molecule has 3 heterocycles. The van der Waals surface area contributed by atoms with Gasteiger partial charge in [-0.15, -0.1) is 11.3 Å². The summed E-state index contributed by atoms with van der Waals surface area (Å²) in [7, 11) is 2.85. The molecule has 0 radical (unpaired) electrons. The molecule has 122 valence electrons. The third kappa shape index (κ3) is 2.48. The molecule has 0 atom stereocenters. The summed E-state index contributed by atoms with van der Waals surface area (Å²) in [6.45, 7) is -0.406. The molecule has 9 heteroatoms. The molecular formula is C14H16N4O4S. The van der Waals surface area contributed by atoms with Crippen LogP contribution < -0.4 is 11.2 Å². The van der Waals surface area contributed by atoms with Crippen molar-refractivity contribution >= 4 is 28.5 Å². The molecule has 0 spiro atoms. The lowest BCUT2D eigenvalue weighted by atomic mass is 10.4. The molecule has 3 aromatic rings. The van der Waals surface area contributed by atoms with Crippen molar-refractivity contribution < 1.29 is 9.90 Å². The van der Waals surface area contributed by atoms with E-state index >= 15 is 0 Å². The highest BCUT2D eigenvalue weighted by molar-refractivity contribution is 7.13. The smallest absolute Gasteiger partial charge is 0.332 e. The number of aromatic nitrogens is 4. The monoisotopic (exact) mass is 336 g/mol. The van der Waals surface area contributed by atoms with Gasteiger partial charge in [-0.2, -0.15) is 0 Å². The fourth-order valence-corrected chi connectivity index (χ4v) is 3.05. The predicted molar refractivity (Wildman–Crippen MR) is 87.9 cm³/mol. The molecule has 0 saturated carbocycles. The molecule has 0 amide bonds. The van der Waals surface area contributed by atoms with Gasteiger partial charge in [0.15, 0.2) is 17.0 Å². The normalized spacial score (nSPS) is 10.7. The minimum absolute atomic E-state index is 0. The summed E-state index contributed by atoms with van der Waals surface area (Å²) in [6.07, 6.45) is 0. The SMILES string of the molecule is C.Cn1c(=O)c2c(nc(-c3cccs3)n2CC(=O)O)n(C)c1=O. The standard InChI is InChI=1S/C13H12N4O4S.CH4/c1-15-11-9(12(20)16(2)13(15)21)17(6-8(18)19)10(14-11)7-4-3-5-22-7;/h3-5H,6H2,1-2H3,(H,18,19);1H4. The van der Waals surface area contributed by atoms with Gasteiger partial charge in [0.1, 0.15) is 6.54 Å². The van der Waals surface area contributed by atoms with Crippen LogP contribution in [0.15, 0.2) is 27.1 Å². The zero-order valence-corrected chi connectivity index (χ0v) is 12.6. The minimum Gasteiger partial charge on any atom is -0.480 e. The highest BCUT2D eigenvalue weighted by Gasteiger charge is 2.21. The second-order valence-electron chi connectivity index (χ2n) is 4.77. The molecule has 0 aliphatic rings. The summed E-state index contributed by atoms with van der Waals surface area (Å²) in [5, 5.41) is 11.0. The number of hydrogen-bond acceptors (Lipinski definition) is 5. The van der Waals surface area contributed by atoms with E-state index in [0.29, 0.717) is 5.82 Å². The number of thiophene rings is 1. The van der Waals surface area contributed by atoms with E-state index in [2.05, 4.69) is 4.98 Å². The Bertz CT molecular complexity index is 995. The van der Waals surface area contributed by atoms with Gasteiger partial charge in [-0.3, -0.25) is 18.7 Å². The van der Waals surface area contributed by atoms with Crippen molar-refractivity contribution in [3.8, 4) is 10.7 Å². The van der Waals surface area contributed by atoms with Crippen molar-refractivity contribution in [1.29, 1.82) is 0 Å². The molecule has 0 unspecified atom stereocenters. The number of imidazole rings is 1. The van der Waals surface area contributed by atoms with Crippen LogP contribution in [0.1, 0.15) is 7.43 Å². The molecule has 0 saturated heterocycles. The first-order chi connectivity index (χ1) is 10.4. The maximum absolute atomic E-state index is 12.4. The van der Waals surface area contributed by atoms with Crippen molar-refractivity contribution in [3.05, 3.63) is 38.4 Å². The van der Waals surface area contributed by atoms with Crippen molar-refractivity contribution in [1.82, 2.24) is 18.7 Å². The fourth-order valence-electron chi connectivity index (χ4n) is 2.33. The number of aryl methyl sites for hydroxylation is 1. The first-order valence-corrected chi connectivity index (χ1v) is 7.21. The van der Waals surface area contributed by atoms with Crippen LogP contribution in [0.25, 0.3) is 21.9 Å². The number of rotatable bonds is 3. The van der Waals surface area contributed by atoms with Gasteiger partial charge >= 0.3 is 11.7 Å². The van der Waals surface area contributed by atoms with Crippen LogP contribution in [0.3, 0.4) is 0 Å². The zero-order chi connectivity index (χ0) is 16.0. The number of aliphatic carboxylic acids is 1. The van der Waals surface area contributed by atoms with Gasteiger partial charge in [-0.25, -0.2) is 9.78 Å². The number of carboxylic acid groups (broad SMARTS) is 1. The van der Waals surface area contributed by atoms with E-state index in [-0.39, 0.29) is 18.6 Å². The van der Waals surface area contributed by atoms with Crippen molar-refractivity contribution in [2.24, 2.45) is 14.1 Å². The molecule has 0 aliphatic carbocycles. The van der Waals surface area contributed by atoms with Gasteiger partial charge in [-0.05, 0) is 11.4 Å². The van der Waals surface area contributed by atoms with E-state index in [4.69, 9.17) is 5.11 Å². The topological polar surface area (TPSA) is 99.1 Å². The molecule has 8 nitrogen and oxygen atoms in total. The van der Waals surface area contributed by atoms with Crippen molar-refractivity contribution in [2.75, 3.05) is 0 Å². The van der Waals surface area contributed by atoms with E-state index in [9.17, 15) is 14.4 Å². The summed E-state index contributed by atoms with van der Waals surface area (Å²) in [5.74, 6) is -0.723. The average molecular weight is 336 g/mol. The highest BCUT2D eigenvalue weighted by atomic mass is 32.1. The Kier molecular flexibility index (Phi) is 4.24. The highest BCUT2D eigenvalue weighted by Crippen LogP contribution is 2.26. The van der Waals surface area contributed by atoms with Crippen molar-refractivity contribution in [2.45, 2.75) is 14.0 Å². The number of carbonyl (C=O) groups is 1. The Labute approximate surface area is 134 Å². The molecule has 0 aromatic carbocycles. The molecule has 1 N–H and O–H groups in total. The number of carboxylic acids is 1. The van der Waals surface area contributed by atoms with Crippen LogP contribution in [0.5, 0.6) is 0 Å². The Balaban J connectivity index is 0.00000192. The number of nitrogens with zero attached hydrogens (tertiary/aromatic N) is 4. The average Bonchev–Trinajstić information content (AvgIpc) is 3.10. The Hall–Kier alpha value is -2.68. The second kappa shape index (κ2) is 5.84. The summed E-state index contributed by atoms with van der Waals surface area (Å²) in [6, 6.07) is 3.59. The zero-order valence-electron chi connectivity index (χ0n) is 11.8. The van der Waals surface area contributed by atoms with Gasteiger partial charge in [-0.1, -0.05) is 13.5 Å². The number of hydrogen-bond donors (Lipinski definition) is 1. The second-order valence-corrected chi connectivity index (χ2v) is 5.72. The van der Waals surface area contributed by atoms with Crippen LogP contribution in [0.4, 0.5) is 0 Å². The van der Waals surface area contributed by atoms with E-state index in [1.54, 1.807) is 6.07 Å². The molecule has 0 fully saturated rings. The largest absolute Gasteiger partial charge is 0.480 e. The summed E-state index contributed by atoms with van der Waals surface area (Å²) < 4.78 is 3.53. The maximum Gasteiger partial charge on any atom is 0.332 e. The maximum atomic E-state index is 12.4. The van der Waals surface area contributed by atoms with E-state index in [1.165, 1.54) is 34.6 Å². The molecular weight excluding hydrogens is 320 g/mol. The van der Waals surface area contributed by atoms with Gasteiger partial charge in [0.2, 0.25) is 0 Å². The van der Waals surface area contributed by atoms with Gasteiger partial charge < -0.3 is 9.67 Å². The molecule has 0 aliphatic heterocycles. The molecule has 3 aromatic heterocycles. The Morgan fingerprint density at radius 1 is 1.30 bits per heavy atom. The predicted octanol–water partition coefficient (Wildman–Crippen LogP) is 0.883. The van der Waals surface area contributed by atoms with Crippen LogP contribution in [-0.2, 0) is 25.4 Å². The summed E-state index contributed by atoms with van der Waals surface area (Å²) >= 11 is 1.38. The van der Waals surface area contributed by atoms with Crippen LogP contribution >= 0.6 is 11.3 Å².